The molecule has 3 aromatic rings. The van der Waals surface area contributed by atoms with Crippen LogP contribution in [0.15, 0.2) is 59.0 Å². The number of hydrogen-bond acceptors (Lipinski definition) is 2. The van der Waals surface area contributed by atoms with Crippen LogP contribution < -0.4 is 0 Å². The van der Waals surface area contributed by atoms with Crippen LogP contribution in [0, 0.1) is 0 Å². The molecule has 0 saturated heterocycles. The van der Waals surface area contributed by atoms with Gasteiger partial charge in [0.25, 0.3) is 0 Å². The van der Waals surface area contributed by atoms with E-state index in [1.165, 1.54) is 5.39 Å². The number of carbonyl (C=O) groups excluding carboxylic acids is 1. The fraction of sp³-hybridized carbons (Fsp3) is 0.118. The molecule has 2 nitrogen and oxygen atoms in total. The number of hydrogen-bond donors (Lipinski definition) is 0. The van der Waals surface area contributed by atoms with E-state index >= 15 is 0 Å². The lowest BCUT2D eigenvalue weighted by Crippen LogP contribution is -1.93. The second-order valence-electron chi connectivity index (χ2n) is 4.67. The third kappa shape index (κ3) is 2.29. The van der Waals surface area contributed by atoms with E-state index in [1.807, 2.05) is 36.4 Å². The predicted molar refractivity (Wildman–Crippen MR) is 76.0 cm³/mol. The first-order valence-electron chi connectivity index (χ1n) is 6.30. The Morgan fingerprint density at radius 1 is 1.00 bits per heavy atom. The number of Topliss-reactive ketones (excluding diaryl/α,β-unsaturated/α-hetero) is 1. The van der Waals surface area contributed by atoms with Crippen LogP contribution in [-0.4, -0.2) is 5.78 Å². The van der Waals surface area contributed by atoms with Gasteiger partial charge in [0.1, 0.15) is 17.3 Å². The van der Waals surface area contributed by atoms with Crippen LogP contribution in [0.1, 0.15) is 12.7 Å². The van der Waals surface area contributed by atoms with Crippen molar-refractivity contribution in [2.24, 2.45) is 0 Å². The quantitative estimate of drug-likeness (QED) is 0.696. The smallest absolute Gasteiger partial charge is 0.137 e. The van der Waals surface area contributed by atoms with Gasteiger partial charge in [-0.15, -0.1) is 0 Å². The Morgan fingerprint density at radius 3 is 2.63 bits per heavy atom. The molecule has 2 aromatic carbocycles. The van der Waals surface area contributed by atoms with Gasteiger partial charge in [0, 0.05) is 5.56 Å². The molecule has 1 aromatic heterocycles. The molecule has 94 valence electrons. The average Bonchev–Trinajstić information content (AvgIpc) is 2.85. The number of furan rings is 1. The summed E-state index contributed by atoms with van der Waals surface area (Å²) >= 11 is 0. The molecule has 2 heteroatoms. The van der Waals surface area contributed by atoms with Crippen molar-refractivity contribution in [3.63, 3.8) is 0 Å². The van der Waals surface area contributed by atoms with E-state index in [1.54, 1.807) is 6.92 Å². The highest BCUT2D eigenvalue weighted by Gasteiger charge is 2.09. The number of fused-ring (bicyclic) bond motifs is 1. The van der Waals surface area contributed by atoms with Crippen LogP contribution in [0.25, 0.3) is 22.1 Å². The first-order chi connectivity index (χ1) is 9.24. The third-order valence-corrected chi connectivity index (χ3v) is 3.14. The maximum atomic E-state index is 11.1. The minimum Gasteiger partial charge on any atom is -0.461 e. The summed E-state index contributed by atoms with van der Waals surface area (Å²) < 4.78 is 5.77. The standard InChI is InChI=1S/C17H14O2/c1-12(18)11-14-9-10-17(19-14)16-8-4-6-13-5-2-3-7-15(13)16/h2-10H,11H2,1H3. The van der Waals surface area contributed by atoms with E-state index in [4.69, 9.17) is 4.42 Å². The highest BCUT2D eigenvalue weighted by Crippen LogP contribution is 2.29. The van der Waals surface area contributed by atoms with Gasteiger partial charge in [-0.1, -0.05) is 42.5 Å². The lowest BCUT2D eigenvalue weighted by Gasteiger charge is -2.03. The van der Waals surface area contributed by atoms with Crippen LogP contribution in [-0.2, 0) is 11.2 Å². The second-order valence-corrected chi connectivity index (χ2v) is 4.67. The van der Waals surface area contributed by atoms with E-state index in [2.05, 4.69) is 18.2 Å². The van der Waals surface area contributed by atoms with Gasteiger partial charge < -0.3 is 4.42 Å². The minimum absolute atomic E-state index is 0.110. The molecule has 0 aliphatic carbocycles. The highest BCUT2D eigenvalue weighted by molar-refractivity contribution is 5.95. The van der Waals surface area contributed by atoms with Crippen molar-refractivity contribution in [1.82, 2.24) is 0 Å². The molecule has 0 unspecified atom stereocenters. The zero-order valence-electron chi connectivity index (χ0n) is 10.7. The van der Waals surface area contributed by atoms with Gasteiger partial charge in [-0.25, -0.2) is 0 Å². The molecule has 0 saturated carbocycles. The second kappa shape index (κ2) is 4.73. The monoisotopic (exact) mass is 250 g/mol. The first-order valence-corrected chi connectivity index (χ1v) is 6.30. The van der Waals surface area contributed by atoms with E-state index in [0.29, 0.717) is 6.42 Å². The lowest BCUT2D eigenvalue weighted by molar-refractivity contribution is -0.116. The molecule has 3 rings (SSSR count). The predicted octanol–water partition coefficient (Wildman–Crippen LogP) is 4.23. The zero-order chi connectivity index (χ0) is 13.2. The number of rotatable bonds is 3. The van der Waals surface area contributed by atoms with Gasteiger partial charge >= 0.3 is 0 Å². The molecule has 0 aliphatic heterocycles. The number of ketones is 1. The fourth-order valence-electron chi connectivity index (χ4n) is 2.30. The third-order valence-electron chi connectivity index (χ3n) is 3.14. The van der Waals surface area contributed by atoms with Crippen molar-refractivity contribution in [2.45, 2.75) is 13.3 Å². The summed E-state index contributed by atoms with van der Waals surface area (Å²) in [6.45, 7) is 1.57. The largest absolute Gasteiger partial charge is 0.461 e. The minimum atomic E-state index is 0.110. The van der Waals surface area contributed by atoms with Gasteiger partial charge in [0.05, 0.1) is 6.42 Å². The molecule has 0 radical (unpaired) electrons. The zero-order valence-corrected chi connectivity index (χ0v) is 10.7. The van der Waals surface area contributed by atoms with Gasteiger partial charge in [0.15, 0.2) is 0 Å². The van der Waals surface area contributed by atoms with Gasteiger partial charge in [-0.05, 0) is 29.8 Å². The summed E-state index contributed by atoms with van der Waals surface area (Å²) in [6, 6.07) is 18.1. The molecular formula is C17H14O2. The molecule has 1 heterocycles. The van der Waals surface area contributed by atoms with Crippen molar-refractivity contribution in [3.05, 3.63) is 60.4 Å². The van der Waals surface area contributed by atoms with E-state index in [9.17, 15) is 4.79 Å². The summed E-state index contributed by atoms with van der Waals surface area (Å²) in [5.74, 6) is 1.64. The van der Waals surface area contributed by atoms with Gasteiger partial charge in [-0.2, -0.15) is 0 Å². The van der Waals surface area contributed by atoms with Crippen molar-refractivity contribution < 1.29 is 9.21 Å². The van der Waals surface area contributed by atoms with Crippen molar-refractivity contribution in [1.29, 1.82) is 0 Å². The van der Waals surface area contributed by atoms with Crippen LogP contribution in [0.4, 0.5) is 0 Å². The Morgan fingerprint density at radius 2 is 1.79 bits per heavy atom. The van der Waals surface area contributed by atoms with E-state index in [-0.39, 0.29) is 5.78 Å². The lowest BCUT2D eigenvalue weighted by atomic mass is 10.0. The van der Waals surface area contributed by atoms with Crippen molar-refractivity contribution >= 4 is 16.6 Å². The number of carbonyl (C=O) groups is 1. The Balaban J connectivity index is 2.09. The summed E-state index contributed by atoms with van der Waals surface area (Å²) in [5.41, 5.74) is 1.06. The normalized spacial score (nSPS) is 10.8. The molecule has 0 spiro atoms. The topological polar surface area (TPSA) is 30.2 Å². The summed E-state index contributed by atoms with van der Waals surface area (Å²) in [6.07, 6.45) is 0.352. The van der Waals surface area contributed by atoms with Crippen molar-refractivity contribution in [2.75, 3.05) is 0 Å². The average molecular weight is 250 g/mol. The van der Waals surface area contributed by atoms with Gasteiger partial charge in [-0.3, -0.25) is 4.79 Å². The van der Waals surface area contributed by atoms with Crippen LogP contribution in [0.5, 0.6) is 0 Å². The fourth-order valence-corrected chi connectivity index (χ4v) is 2.30. The van der Waals surface area contributed by atoms with E-state index in [0.717, 1.165) is 22.5 Å². The first kappa shape index (κ1) is 11.7. The van der Waals surface area contributed by atoms with E-state index < -0.39 is 0 Å². The molecular weight excluding hydrogens is 236 g/mol. The molecule has 0 aliphatic rings. The molecule has 0 fully saturated rings. The maximum Gasteiger partial charge on any atom is 0.137 e. The van der Waals surface area contributed by atoms with Crippen molar-refractivity contribution in [3.8, 4) is 11.3 Å². The number of benzene rings is 2. The SMILES string of the molecule is CC(=O)Cc1ccc(-c2cccc3ccccc23)o1. The highest BCUT2D eigenvalue weighted by atomic mass is 16.3. The maximum absolute atomic E-state index is 11.1. The molecule has 0 N–H and O–H groups in total. The Hall–Kier alpha value is -2.35. The Labute approximate surface area is 111 Å². The summed E-state index contributed by atoms with van der Waals surface area (Å²) in [5, 5.41) is 2.35. The summed E-state index contributed by atoms with van der Waals surface area (Å²) in [7, 11) is 0. The summed E-state index contributed by atoms with van der Waals surface area (Å²) in [4.78, 5) is 11.1. The van der Waals surface area contributed by atoms with Crippen LogP contribution in [0.3, 0.4) is 0 Å². The molecule has 0 bridgehead atoms. The van der Waals surface area contributed by atoms with Gasteiger partial charge in [0.2, 0.25) is 0 Å². The Bertz CT molecular complexity index is 732. The molecule has 0 atom stereocenters. The Kier molecular flexibility index (Phi) is 2.92. The molecule has 0 amide bonds. The van der Waals surface area contributed by atoms with Crippen LogP contribution >= 0.6 is 0 Å². The molecule has 19 heavy (non-hydrogen) atoms. The van der Waals surface area contributed by atoms with Crippen LogP contribution in [0.2, 0.25) is 0 Å².